The summed E-state index contributed by atoms with van der Waals surface area (Å²) in [6.07, 6.45) is 7.91. The molecule has 0 spiro atoms. The summed E-state index contributed by atoms with van der Waals surface area (Å²) in [5, 5.41) is 54.2. The average Bonchev–Trinajstić information content (AvgIpc) is 2.98. The van der Waals surface area contributed by atoms with Crippen molar-refractivity contribution in [1.29, 1.82) is 0 Å². The van der Waals surface area contributed by atoms with Crippen LogP contribution in [0.5, 0.6) is 0 Å². The predicted molar refractivity (Wildman–Crippen MR) is 164 cm³/mol. The predicted octanol–water partition coefficient (Wildman–Crippen LogP) is 2.06. The number of allylic oxidation sites excluding steroid dienone is 3. The van der Waals surface area contributed by atoms with E-state index in [1.807, 2.05) is 0 Å². The van der Waals surface area contributed by atoms with E-state index in [-0.39, 0.29) is 6.42 Å². The molecule has 1 aliphatic heterocycles. The first-order chi connectivity index (χ1) is 20.9. The van der Waals surface area contributed by atoms with Crippen LogP contribution in [-0.2, 0) is 28.9 Å². The summed E-state index contributed by atoms with van der Waals surface area (Å²) in [7, 11) is -5.10. The van der Waals surface area contributed by atoms with Gasteiger partial charge in [0.25, 0.3) is 0 Å². The number of aliphatic hydroxyl groups excluding tert-OH is 5. The molecule has 8 unspecified atom stereocenters. The number of hydrogen-bond donors (Lipinski definition) is 7. The molecule has 0 aromatic carbocycles. The van der Waals surface area contributed by atoms with Crippen LogP contribution in [0.2, 0.25) is 0 Å². The van der Waals surface area contributed by atoms with Crippen LogP contribution in [0, 0.1) is 0 Å². The van der Waals surface area contributed by atoms with Crippen LogP contribution >= 0.6 is 0 Å². The van der Waals surface area contributed by atoms with E-state index in [4.69, 9.17) is 14.0 Å². The van der Waals surface area contributed by atoms with Crippen molar-refractivity contribution < 1.29 is 57.0 Å². The Labute approximate surface area is 262 Å². The summed E-state index contributed by atoms with van der Waals surface area (Å²) in [5.41, 5.74) is 0. The molecule has 0 aromatic rings. The fourth-order valence-corrected chi connectivity index (χ4v) is 5.18. The molecule has 1 amide bonds. The number of aliphatic hydroxyl groups is 5. The first kappa shape index (κ1) is 40.6. The van der Waals surface area contributed by atoms with Gasteiger partial charge in [0, 0.05) is 0 Å². The summed E-state index contributed by atoms with van der Waals surface area (Å²) in [4.78, 5) is 12.8. The fraction of sp³-hybridized carbons (Fsp3) is 0.833. The van der Waals surface area contributed by atoms with Crippen LogP contribution in [0.25, 0.3) is 0 Å². The van der Waals surface area contributed by atoms with Gasteiger partial charge in [-0.1, -0.05) is 83.1 Å². The highest BCUT2D eigenvalue weighted by molar-refractivity contribution is 7.80. The maximum Gasteiger partial charge on any atom is 0.397 e. The minimum absolute atomic E-state index is 0.220. The first-order valence-electron chi connectivity index (χ1n) is 15.8. The molecule has 0 saturated carbocycles. The highest BCUT2D eigenvalue weighted by atomic mass is 32.3. The summed E-state index contributed by atoms with van der Waals surface area (Å²) in [5.74, 6) is -0.727. The number of amides is 1. The van der Waals surface area contributed by atoms with Crippen LogP contribution in [0.4, 0.5) is 0 Å². The normalized spacial score (nSPS) is 25.0. The zero-order valence-electron chi connectivity index (χ0n) is 26.1. The molecule has 8 atom stereocenters. The average molecular weight is 654 g/mol. The smallest absolute Gasteiger partial charge is 0.394 e. The lowest BCUT2D eigenvalue weighted by molar-refractivity contribution is -0.298. The number of nitrogens with one attached hydrogen (secondary N) is 1. The highest BCUT2D eigenvalue weighted by Crippen LogP contribution is 2.26. The van der Waals surface area contributed by atoms with Gasteiger partial charge in [-0.2, -0.15) is 8.42 Å². The molecule has 0 aliphatic carbocycles. The van der Waals surface area contributed by atoms with Gasteiger partial charge in [-0.05, 0) is 38.5 Å². The van der Waals surface area contributed by atoms with E-state index in [0.717, 1.165) is 64.2 Å². The molecule has 1 fully saturated rings. The number of hydrogen-bond acceptors (Lipinski definition) is 11. The number of carbonyl (C=O) groups is 1. The molecule has 258 valence electrons. The third kappa shape index (κ3) is 16.7. The number of unbranched alkanes of at least 4 members (excludes halogenated alkanes) is 9. The van der Waals surface area contributed by atoms with Gasteiger partial charge >= 0.3 is 10.4 Å². The zero-order chi connectivity index (χ0) is 33.0. The molecule has 0 radical (unpaired) electrons. The Morgan fingerprint density at radius 3 is 2.14 bits per heavy atom. The summed E-state index contributed by atoms with van der Waals surface area (Å²) < 4.78 is 46.8. The van der Waals surface area contributed by atoms with E-state index in [9.17, 15) is 38.7 Å². The van der Waals surface area contributed by atoms with E-state index in [1.54, 1.807) is 6.08 Å². The van der Waals surface area contributed by atoms with Gasteiger partial charge in [-0.25, -0.2) is 4.18 Å². The zero-order valence-corrected chi connectivity index (χ0v) is 26.9. The van der Waals surface area contributed by atoms with Crippen LogP contribution in [-0.4, -0.2) is 107 Å². The summed E-state index contributed by atoms with van der Waals surface area (Å²) >= 11 is 0. The van der Waals surface area contributed by atoms with Crippen LogP contribution in [0.15, 0.2) is 24.3 Å². The Balaban J connectivity index is 2.82. The van der Waals surface area contributed by atoms with Crippen molar-refractivity contribution in [1.82, 2.24) is 5.32 Å². The standard InChI is InChI=1S/C30H55NO12S/c1-3-5-7-9-11-12-13-15-17-19-24(34)29(37)31-22(23(33)18-16-14-10-8-6-4-2)21-41-30-27(36)28(43-44(38,39)40)26(35)25(20-32)42-30/h9,11,16,18,22-28,30,32-36H,3-8,10,12-15,17,19-21H2,1-2H3,(H,31,37)(H,38,39,40)/b11-9-,18-16+. The minimum Gasteiger partial charge on any atom is -0.394 e. The Hall–Kier alpha value is -1.46. The van der Waals surface area contributed by atoms with Crippen molar-refractivity contribution in [3.63, 3.8) is 0 Å². The van der Waals surface area contributed by atoms with E-state index >= 15 is 0 Å². The quantitative estimate of drug-likeness (QED) is 0.0453. The van der Waals surface area contributed by atoms with Gasteiger partial charge in [-0.15, -0.1) is 0 Å². The molecule has 7 N–H and O–H groups in total. The van der Waals surface area contributed by atoms with Crippen LogP contribution in [0.3, 0.4) is 0 Å². The van der Waals surface area contributed by atoms with Gasteiger partial charge < -0.3 is 40.3 Å². The number of ether oxygens (including phenoxy) is 2. The van der Waals surface area contributed by atoms with Gasteiger partial charge in [0.1, 0.15) is 30.5 Å². The molecule has 13 nitrogen and oxygen atoms in total. The van der Waals surface area contributed by atoms with Gasteiger partial charge in [0.15, 0.2) is 6.29 Å². The van der Waals surface area contributed by atoms with Crippen LogP contribution < -0.4 is 5.32 Å². The monoisotopic (exact) mass is 653 g/mol. The van der Waals surface area contributed by atoms with Crippen molar-refractivity contribution >= 4 is 16.3 Å². The summed E-state index contributed by atoms with van der Waals surface area (Å²) in [6.45, 7) is 2.97. The topological polar surface area (TPSA) is 212 Å². The molecular weight excluding hydrogens is 598 g/mol. The SMILES string of the molecule is CCCC/C=C\CCCCCC(O)C(=O)NC(COC1OC(CO)C(O)C(OS(=O)(=O)O)C1O)C(O)/C=C/CCCCCC. The second kappa shape index (κ2) is 23.0. The molecule has 44 heavy (non-hydrogen) atoms. The Bertz CT molecular complexity index is 931. The Morgan fingerprint density at radius 2 is 1.52 bits per heavy atom. The number of rotatable bonds is 24. The van der Waals surface area contributed by atoms with E-state index < -0.39 is 78.5 Å². The summed E-state index contributed by atoms with van der Waals surface area (Å²) in [6, 6.07) is -1.12. The van der Waals surface area contributed by atoms with Gasteiger partial charge in [0.05, 0.1) is 25.4 Å². The lowest BCUT2D eigenvalue weighted by Crippen LogP contribution is -2.61. The Kier molecular flexibility index (Phi) is 21.2. The molecule has 0 bridgehead atoms. The van der Waals surface area contributed by atoms with Crippen molar-refractivity contribution in [2.24, 2.45) is 0 Å². The molecule has 1 heterocycles. The third-order valence-electron chi connectivity index (χ3n) is 7.33. The molecule has 14 heteroatoms. The lowest BCUT2D eigenvalue weighted by atomic mass is 9.99. The Morgan fingerprint density at radius 1 is 0.909 bits per heavy atom. The lowest BCUT2D eigenvalue weighted by Gasteiger charge is -2.41. The second-order valence-electron chi connectivity index (χ2n) is 11.2. The van der Waals surface area contributed by atoms with E-state index in [2.05, 4.69) is 35.5 Å². The number of carbonyl (C=O) groups excluding carboxylic acids is 1. The van der Waals surface area contributed by atoms with Gasteiger partial charge in [-0.3, -0.25) is 9.35 Å². The molecule has 1 rings (SSSR count). The van der Waals surface area contributed by atoms with Crippen molar-refractivity contribution in [3.05, 3.63) is 24.3 Å². The maximum atomic E-state index is 12.8. The largest absolute Gasteiger partial charge is 0.397 e. The minimum atomic E-state index is -5.10. The van der Waals surface area contributed by atoms with E-state index in [1.165, 1.54) is 6.08 Å². The molecule has 0 aromatic heterocycles. The maximum absolute atomic E-state index is 12.8. The highest BCUT2D eigenvalue weighted by Gasteiger charge is 2.48. The van der Waals surface area contributed by atoms with Crippen molar-refractivity contribution in [3.8, 4) is 0 Å². The molecule has 1 saturated heterocycles. The van der Waals surface area contributed by atoms with Crippen molar-refractivity contribution in [2.75, 3.05) is 13.2 Å². The first-order valence-corrected chi connectivity index (χ1v) is 17.2. The fourth-order valence-electron chi connectivity index (χ4n) is 4.67. The van der Waals surface area contributed by atoms with E-state index in [0.29, 0.717) is 12.8 Å². The second-order valence-corrected chi connectivity index (χ2v) is 12.2. The van der Waals surface area contributed by atoms with Crippen molar-refractivity contribution in [2.45, 2.75) is 146 Å². The van der Waals surface area contributed by atoms with Gasteiger partial charge in [0.2, 0.25) is 5.91 Å². The third-order valence-corrected chi connectivity index (χ3v) is 7.80. The molecule has 1 aliphatic rings. The van der Waals surface area contributed by atoms with Crippen LogP contribution in [0.1, 0.15) is 97.3 Å². The molecular formula is C30H55NO12S.